The van der Waals surface area contributed by atoms with Gasteiger partial charge in [0.05, 0.1) is 12.7 Å². The molecule has 0 radical (unpaired) electrons. The van der Waals surface area contributed by atoms with Crippen molar-refractivity contribution >= 4 is 30.1 Å². The number of hydrogen-bond donors (Lipinski definition) is 0. The third kappa shape index (κ3) is 8.00. The third-order valence-electron chi connectivity index (χ3n) is 0.594. The van der Waals surface area contributed by atoms with Crippen molar-refractivity contribution in [3.63, 3.8) is 0 Å². The van der Waals surface area contributed by atoms with Crippen molar-refractivity contribution in [3.8, 4) is 0 Å². The lowest BCUT2D eigenvalue weighted by Gasteiger charge is -2.05. The monoisotopic (exact) mass is 260 g/mol. The summed E-state index contributed by atoms with van der Waals surface area (Å²) in [5.74, 6) is 0. The summed E-state index contributed by atoms with van der Waals surface area (Å²) < 4.78 is 9.12. The average molecular weight is 260 g/mol. The first-order valence-corrected chi connectivity index (χ1v) is 3.00. The Kier molecular flexibility index (Phi) is 9.00. The van der Waals surface area contributed by atoms with Crippen LogP contribution in [0.5, 0.6) is 0 Å². The van der Waals surface area contributed by atoms with Crippen molar-refractivity contribution < 1.29 is 14.3 Å². The number of carbonyl (C=O) groups excluding carboxylic acids is 1. The van der Waals surface area contributed by atoms with E-state index in [1.54, 1.807) is 20.8 Å². The first kappa shape index (κ1) is 12.7. The molecule has 0 amide bonds. The molecule has 0 aromatic rings. The molecule has 0 fully saturated rings. The van der Waals surface area contributed by atoms with Gasteiger partial charge in [-0.1, -0.05) is 0 Å². The highest BCUT2D eigenvalue weighted by Crippen LogP contribution is 1.91. The minimum atomic E-state index is -0.590. The van der Waals surface area contributed by atoms with E-state index < -0.39 is 6.16 Å². The van der Waals surface area contributed by atoms with E-state index in [4.69, 9.17) is 0 Å². The maximum Gasteiger partial charge on any atom is 0.508 e. The summed E-state index contributed by atoms with van der Waals surface area (Å²) in [4.78, 5) is 10.4. The van der Waals surface area contributed by atoms with Crippen LogP contribution in [0.1, 0.15) is 20.8 Å². The maximum atomic E-state index is 10.4. The van der Waals surface area contributed by atoms with E-state index in [2.05, 4.69) is 9.47 Å². The summed E-state index contributed by atoms with van der Waals surface area (Å²) in [6, 6.07) is 0. The molecule has 0 saturated carbocycles. The summed E-state index contributed by atoms with van der Waals surface area (Å²) in [6.07, 6.45) is -0.684. The number of halogens is 1. The normalized spacial score (nSPS) is 8.40. The quantitative estimate of drug-likeness (QED) is 0.564. The molecule has 0 rings (SSSR count). The highest BCUT2D eigenvalue weighted by molar-refractivity contribution is 14.0. The predicted octanol–water partition coefficient (Wildman–Crippen LogP) is 2.19. The lowest BCUT2D eigenvalue weighted by Crippen LogP contribution is -2.12. The lowest BCUT2D eigenvalue weighted by molar-refractivity contribution is 0.0378. The van der Waals surface area contributed by atoms with Crippen LogP contribution in [0.4, 0.5) is 4.79 Å². The highest BCUT2D eigenvalue weighted by atomic mass is 127. The van der Waals surface area contributed by atoms with Crippen LogP contribution in [-0.4, -0.2) is 18.9 Å². The zero-order valence-corrected chi connectivity index (χ0v) is 8.75. The second-order valence-corrected chi connectivity index (χ2v) is 1.85. The summed E-state index contributed by atoms with van der Waals surface area (Å²) >= 11 is 0. The molecule has 0 aliphatic rings. The summed E-state index contributed by atoms with van der Waals surface area (Å²) in [7, 11) is 0. The fourth-order valence-corrected chi connectivity index (χ4v) is 0.344. The molecule has 0 spiro atoms. The molecule has 0 aliphatic heterocycles. The van der Waals surface area contributed by atoms with Gasteiger partial charge in [0.1, 0.15) is 0 Å². The predicted molar refractivity (Wildman–Crippen MR) is 48.7 cm³/mol. The van der Waals surface area contributed by atoms with Crippen LogP contribution < -0.4 is 0 Å². The smallest absolute Gasteiger partial charge is 0.435 e. The van der Waals surface area contributed by atoms with Crippen molar-refractivity contribution in [2.75, 3.05) is 6.61 Å². The van der Waals surface area contributed by atoms with Gasteiger partial charge in [-0.3, -0.25) is 0 Å². The van der Waals surface area contributed by atoms with Gasteiger partial charge in [0, 0.05) is 0 Å². The van der Waals surface area contributed by atoms with Gasteiger partial charge < -0.3 is 9.47 Å². The SMILES string of the molecule is CCOC(=O)OC(C)C.I. The number of carbonyl (C=O) groups is 1. The van der Waals surface area contributed by atoms with Crippen LogP contribution in [-0.2, 0) is 9.47 Å². The fourth-order valence-electron chi connectivity index (χ4n) is 0.344. The molecule has 62 valence electrons. The van der Waals surface area contributed by atoms with Crippen molar-refractivity contribution in [2.24, 2.45) is 0 Å². The average Bonchev–Trinajstić information content (AvgIpc) is 1.63. The molecule has 0 aromatic carbocycles. The van der Waals surface area contributed by atoms with Crippen molar-refractivity contribution in [2.45, 2.75) is 26.9 Å². The van der Waals surface area contributed by atoms with E-state index in [0.29, 0.717) is 6.61 Å². The van der Waals surface area contributed by atoms with Crippen molar-refractivity contribution in [1.82, 2.24) is 0 Å². The summed E-state index contributed by atoms with van der Waals surface area (Å²) in [5.41, 5.74) is 0. The van der Waals surface area contributed by atoms with Crippen LogP contribution in [0.2, 0.25) is 0 Å². The molecule has 0 aromatic heterocycles. The third-order valence-corrected chi connectivity index (χ3v) is 0.594. The molecule has 0 aliphatic carbocycles. The molecule has 0 saturated heterocycles. The van der Waals surface area contributed by atoms with Gasteiger partial charge in [-0.25, -0.2) is 4.79 Å². The molecule has 0 heterocycles. The Bertz CT molecular complexity index is 93.0. The number of ether oxygens (including phenoxy) is 2. The Morgan fingerprint density at radius 1 is 1.50 bits per heavy atom. The largest absolute Gasteiger partial charge is 0.508 e. The Labute approximate surface area is 78.1 Å². The van der Waals surface area contributed by atoms with Crippen LogP contribution >= 0.6 is 24.0 Å². The Balaban J connectivity index is 0. The van der Waals surface area contributed by atoms with E-state index in [-0.39, 0.29) is 30.1 Å². The second-order valence-electron chi connectivity index (χ2n) is 1.85. The van der Waals surface area contributed by atoms with Gasteiger partial charge in [-0.2, -0.15) is 0 Å². The first-order chi connectivity index (χ1) is 4.16. The summed E-state index contributed by atoms with van der Waals surface area (Å²) in [5, 5.41) is 0. The molecular formula is C6H13IO3. The van der Waals surface area contributed by atoms with E-state index >= 15 is 0 Å². The van der Waals surface area contributed by atoms with Gasteiger partial charge in [0.15, 0.2) is 0 Å². The molecule has 3 nitrogen and oxygen atoms in total. The maximum absolute atomic E-state index is 10.4. The standard InChI is InChI=1S/C6H12O3.HI/c1-4-8-6(7)9-5(2)3;/h5H,4H2,1-3H3;1H. The molecule has 0 atom stereocenters. The van der Waals surface area contributed by atoms with Gasteiger partial charge in [0.25, 0.3) is 0 Å². The van der Waals surface area contributed by atoms with Crippen LogP contribution in [0.25, 0.3) is 0 Å². The second kappa shape index (κ2) is 7.11. The summed E-state index contributed by atoms with van der Waals surface area (Å²) in [6.45, 7) is 5.65. The molecule has 0 unspecified atom stereocenters. The van der Waals surface area contributed by atoms with Gasteiger partial charge in [-0.15, -0.1) is 24.0 Å². The molecule has 0 N–H and O–H groups in total. The molecular weight excluding hydrogens is 247 g/mol. The van der Waals surface area contributed by atoms with Gasteiger partial charge in [0.2, 0.25) is 0 Å². The van der Waals surface area contributed by atoms with Gasteiger partial charge in [-0.05, 0) is 20.8 Å². The number of hydrogen-bond acceptors (Lipinski definition) is 3. The lowest BCUT2D eigenvalue weighted by atomic mass is 10.5. The fraction of sp³-hybridized carbons (Fsp3) is 0.833. The molecule has 0 bridgehead atoms. The van der Waals surface area contributed by atoms with Crippen molar-refractivity contribution in [3.05, 3.63) is 0 Å². The van der Waals surface area contributed by atoms with Crippen LogP contribution in [0.3, 0.4) is 0 Å². The zero-order valence-electron chi connectivity index (χ0n) is 6.42. The zero-order chi connectivity index (χ0) is 7.28. The Morgan fingerprint density at radius 3 is 2.30 bits per heavy atom. The van der Waals surface area contributed by atoms with Crippen molar-refractivity contribution in [1.29, 1.82) is 0 Å². The van der Waals surface area contributed by atoms with E-state index in [1.807, 2.05) is 0 Å². The Morgan fingerprint density at radius 2 is 2.00 bits per heavy atom. The molecule has 4 heteroatoms. The topological polar surface area (TPSA) is 35.5 Å². The Hall–Kier alpha value is 0. The van der Waals surface area contributed by atoms with Gasteiger partial charge >= 0.3 is 6.16 Å². The van der Waals surface area contributed by atoms with E-state index in [0.717, 1.165) is 0 Å². The minimum Gasteiger partial charge on any atom is -0.435 e. The highest BCUT2D eigenvalue weighted by Gasteiger charge is 2.02. The molecule has 10 heavy (non-hydrogen) atoms. The van der Waals surface area contributed by atoms with Crippen LogP contribution in [0, 0.1) is 0 Å². The number of rotatable bonds is 2. The first-order valence-electron chi connectivity index (χ1n) is 3.00. The van der Waals surface area contributed by atoms with E-state index in [1.165, 1.54) is 0 Å². The van der Waals surface area contributed by atoms with E-state index in [9.17, 15) is 4.79 Å². The van der Waals surface area contributed by atoms with Crippen LogP contribution in [0.15, 0.2) is 0 Å². The minimum absolute atomic E-state index is 0.